The maximum atomic E-state index is 11.9. The Morgan fingerprint density at radius 3 is 3.06 bits per heavy atom. The predicted octanol–water partition coefficient (Wildman–Crippen LogP) is 2.41. The number of rotatable bonds is 4. The summed E-state index contributed by atoms with van der Waals surface area (Å²) in [4.78, 5) is 15.9. The number of carbonyl (C=O) groups is 1. The minimum absolute atomic E-state index is 0.264. The minimum atomic E-state index is -0.292. The molecule has 1 amide bonds. The Labute approximate surface area is 113 Å². The van der Waals surface area contributed by atoms with E-state index in [1.54, 1.807) is 13.1 Å². The highest BCUT2D eigenvalue weighted by Crippen LogP contribution is 2.16. The Hall–Kier alpha value is -1.66. The molecule has 1 aromatic heterocycles. The van der Waals surface area contributed by atoms with Crippen molar-refractivity contribution in [1.29, 1.82) is 0 Å². The van der Waals surface area contributed by atoms with Gasteiger partial charge in [-0.05, 0) is 25.2 Å². The molecule has 5 nitrogen and oxygen atoms in total. The van der Waals surface area contributed by atoms with Gasteiger partial charge in [0.05, 0.1) is 6.54 Å². The van der Waals surface area contributed by atoms with Crippen LogP contribution in [-0.2, 0) is 6.54 Å². The van der Waals surface area contributed by atoms with Gasteiger partial charge in [-0.15, -0.1) is 0 Å². The molecule has 0 spiro atoms. The van der Waals surface area contributed by atoms with Crippen LogP contribution >= 0.6 is 15.9 Å². The van der Waals surface area contributed by atoms with E-state index in [1.165, 1.54) is 6.26 Å². The van der Waals surface area contributed by atoms with Gasteiger partial charge in [-0.1, -0.05) is 22.0 Å². The second kappa shape index (κ2) is 5.79. The molecule has 2 rings (SSSR count). The van der Waals surface area contributed by atoms with Crippen molar-refractivity contribution in [3.05, 3.63) is 46.6 Å². The van der Waals surface area contributed by atoms with Crippen LogP contribution < -0.4 is 10.6 Å². The second-order valence-electron chi connectivity index (χ2n) is 3.62. The lowest BCUT2D eigenvalue weighted by molar-refractivity contribution is 0.102. The molecule has 1 aromatic carbocycles. The van der Waals surface area contributed by atoms with E-state index in [1.807, 2.05) is 18.2 Å². The molecule has 0 fully saturated rings. The Morgan fingerprint density at radius 2 is 2.33 bits per heavy atom. The van der Waals surface area contributed by atoms with Crippen LogP contribution in [0.3, 0.4) is 0 Å². The third-order valence-corrected chi connectivity index (χ3v) is 2.69. The number of anilines is 1. The quantitative estimate of drug-likeness (QED) is 0.910. The van der Waals surface area contributed by atoms with Crippen molar-refractivity contribution in [2.24, 2.45) is 0 Å². The molecule has 1 heterocycles. The van der Waals surface area contributed by atoms with Gasteiger partial charge >= 0.3 is 0 Å². The number of halogens is 1. The topological polar surface area (TPSA) is 67.2 Å². The molecule has 0 saturated heterocycles. The van der Waals surface area contributed by atoms with Crippen molar-refractivity contribution in [2.75, 3.05) is 12.4 Å². The maximum Gasteiger partial charge on any atom is 0.277 e. The molecule has 0 bridgehead atoms. The molecule has 0 unspecified atom stereocenters. The van der Waals surface area contributed by atoms with Gasteiger partial charge in [0.25, 0.3) is 5.91 Å². The average Bonchev–Trinajstić information content (AvgIpc) is 2.78. The largest absolute Gasteiger partial charge is 0.447 e. The molecule has 18 heavy (non-hydrogen) atoms. The Bertz CT molecular complexity index is 554. The zero-order valence-corrected chi connectivity index (χ0v) is 11.3. The van der Waals surface area contributed by atoms with Gasteiger partial charge in [-0.25, -0.2) is 4.98 Å². The Balaban J connectivity index is 2.07. The predicted molar refractivity (Wildman–Crippen MR) is 71.4 cm³/mol. The molecule has 6 heteroatoms. The van der Waals surface area contributed by atoms with Gasteiger partial charge in [0, 0.05) is 10.2 Å². The summed E-state index contributed by atoms with van der Waals surface area (Å²) in [6.07, 6.45) is 1.35. The standard InChI is InChI=1S/C12H12BrN3O2/c1-14-6-11-16-10(7-18-11)12(17)15-9-4-2-3-8(13)5-9/h2-5,7,14H,6H2,1H3,(H,15,17). The van der Waals surface area contributed by atoms with E-state index in [0.717, 1.165) is 4.47 Å². The summed E-state index contributed by atoms with van der Waals surface area (Å²) in [6, 6.07) is 7.34. The second-order valence-corrected chi connectivity index (χ2v) is 4.54. The number of carbonyl (C=O) groups excluding carboxylic acids is 1. The van der Waals surface area contributed by atoms with E-state index in [4.69, 9.17) is 4.42 Å². The van der Waals surface area contributed by atoms with Gasteiger partial charge < -0.3 is 15.1 Å². The van der Waals surface area contributed by atoms with Crippen molar-refractivity contribution in [1.82, 2.24) is 10.3 Å². The van der Waals surface area contributed by atoms with E-state index in [-0.39, 0.29) is 11.6 Å². The summed E-state index contributed by atoms with van der Waals surface area (Å²) < 4.78 is 6.04. The molecular weight excluding hydrogens is 298 g/mol. The van der Waals surface area contributed by atoms with Crippen molar-refractivity contribution < 1.29 is 9.21 Å². The smallest absolute Gasteiger partial charge is 0.277 e. The van der Waals surface area contributed by atoms with E-state index in [9.17, 15) is 4.79 Å². The summed E-state index contributed by atoms with van der Waals surface area (Å²) in [7, 11) is 1.78. The van der Waals surface area contributed by atoms with Crippen LogP contribution in [0.15, 0.2) is 39.4 Å². The lowest BCUT2D eigenvalue weighted by Crippen LogP contribution is -2.13. The number of nitrogens with one attached hydrogen (secondary N) is 2. The maximum absolute atomic E-state index is 11.9. The summed E-state index contributed by atoms with van der Waals surface area (Å²) in [5, 5.41) is 5.64. The number of hydrogen-bond donors (Lipinski definition) is 2. The third-order valence-electron chi connectivity index (χ3n) is 2.19. The van der Waals surface area contributed by atoms with E-state index in [2.05, 4.69) is 31.5 Å². The van der Waals surface area contributed by atoms with E-state index >= 15 is 0 Å². The van der Waals surface area contributed by atoms with Crippen molar-refractivity contribution in [3.8, 4) is 0 Å². The highest BCUT2D eigenvalue weighted by atomic mass is 79.9. The summed E-state index contributed by atoms with van der Waals surface area (Å²) in [5.41, 5.74) is 0.966. The first-order valence-corrected chi connectivity index (χ1v) is 6.14. The van der Waals surface area contributed by atoms with Crippen LogP contribution in [0, 0.1) is 0 Å². The lowest BCUT2D eigenvalue weighted by atomic mass is 10.3. The van der Waals surface area contributed by atoms with Crippen molar-refractivity contribution >= 4 is 27.5 Å². The first-order chi connectivity index (χ1) is 8.69. The van der Waals surface area contributed by atoms with Crippen LogP contribution in [0.25, 0.3) is 0 Å². The van der Waals surface area contributed by atoms with E-state index in [0.29, 0.717) is 18.1 Å². The molecule has 0 aliphatic rings. The van der Waals surface area contributed by atoms with Gasteiger partial charge in [0.15, 0.2) is 5.69 Å². The fourth-order valence-corrected chi connectivity index (χ4v) is 1.81. The fraction of sp³-hybridized carbons (Fsp3) is 0.167. The molecule has 0 aliphatic carbocycles. The molecule has 0 atom stereocenters. The number of benzene rings is 1. The first kappa shape index (κ1) is 12.8. The average molecular weight is 310 g/mol. The summed E-state index contributed by atoms with van der Waals surface area (Å²) in [6.45, 7) is 0.490. The lowest BCUT2D eigenvalue weighted by Gasteiger charge is -2.02. The number of amides is 1. The summed E-state index contributed by atoms with van der Waals surface area (Å²) >= 11 is 3.34. The molecule has 94 valence electrons. The zero-order chi connectivity index (χ0) is 13.0. The highest BCUT2D eigenvalue weighted by molar-refractivity contribution is 9.10. The Morgan fingerprint density at radius 1 is 1.50 bits per heavy atom. The van der Waals surface area contributed by atoms with Gasteiger partial charge in [0.2, 0.25) is 5.89 Å². The molecule has 2 N–H and O–H groups in total. The van der Waals surface area contributed by atoms with Crippen LogP contribution in [0.5, 0.6) is 0 Å². The monoisotopic (exact) mass is 309 g/mol. The summed E-state index contributed by atoms with van der Waals surface area (Å²) in [5.74, 6) is 0.191. The van der Waals surface area contributed by atoms with Crippen LogP contribution in [-0.4, -0.2) is 17.9 Å². The van der Waals surface area contributed by atoms with Gasteiger partial charge in [-0.2, -0.15) is 0 Å². The molecule has 0 radical (unpaired) electrons. The molecule has 0 aliphatic heterocycles. The van der Waals surface area contributed by atoms with Crippen molar-refractivity contribution in [3.63, 3.8) is 0 Å². The van der Waals surface area contributed by atoms with Gasteiger partial charge in [0.1, 0.15) is 6.26 Å². The molecular formula is C12H12BrN3O2. The highest BCUT2D eigenvalue weighted by Gasteiger charge is 2.12. The SMILES string of the molecule is CNCc1nc(C(=O)Nc2cccc(Br)c2)co1. The Kier molecular flexibility index (Phi) is 4.11. The fourth-order valence-electron chi connectivity index (χ4n) is 1.41. The third kappa shape index (κ3) is 3.18. The van der Waals surface area contributed by atoms with Crippen LogP contribution in [0.4, 0.5) is 5.69 Å². The van der Waals surface area contributed by atoms with Gasteiger partial charge in [-0.3, -0.25) is 4.79 Å². The zero-order valence-electron chi connectivity index (χ0n) is 9.74. The number of oxazole rings is 1. The van der Waals surface area contributed by atoms with Crippen molar-refractivity contribution in [2.45, 2.75) is 6.54 Å². The number of hydrogen-bond acceptors (Lipinski definition) is 4. The van der Waals surface area contributed by atoms with Crippen LogP contribution in [0.2, 0.25) is 0 Å². The normalized spacial score (nSPS) is 10.3. The minimum Gasteiger partial charge on any atom is -0.447 e. The molecule has 0 saturated carbocycles. The number of aromatic nitrogens is 1. The van der Waals surface area contributed by atoms with Crippen LogP contribution in [0.1, 0.15) is 16.4 Å². The first-order valence-electron chi connectivity index (χ1n) is 5.35. The molecule has 2 aromatic rings. The van der Waals surface area contributed by atoms with E-state index < -0.39 is 0 Å². The number of nitrogens with zero attached hydrogens (tertiary/aromatic N) is 1.